The molecule has 0 bridgehead atoms. The standard InChI is InChI=1S/C14H23N3O/c1-10(2)13(15)14(18)17(11(3)4)9-12-5-7-16-8-6-12/h5-8,10-11,13H,9,15H2,1-4H3. The van der Waals surface area contributed by atoms with Gasteiger partial charge < -0.3 is 10.6 Å². The number of hydrogen-bond donors (Lipinski definition) is 1. The van der Waals surface area contributed by atoms with Crippen LogP contribution >= 0.6 is 0 Å². The molecule has 0 aliphatic carbocycles. The fourth-order valence-electron chi connectivity index (χ4n) is 1.68. The normalized spacial score (nSPS) is 12.8. The Kier molecular flexibility index (Phi) is 5.28. The molecule has 1 amide bonds. The van der Waals surface area contributed by atoms with Crippen molar-refractivity contribution >= 4 is 5.91 Å². The lowest BCUT2D eigenvalue weighted by molar-refractivity contribution is -0.136. The van der Waals surface area contributed by atoms with Gasteiger partial charge in [0.15, 0.2) is 0 Å². The minimum atomic E-state index is -0.436. The van der Waals surface area contributed by atoms with Crippen molar-refractivity contribution in [2.45, 2.75) is 46.3 Å². The van der Waals surface area contributed by atoms with Gasteiger partial charge in [0.2, 0.25) is 5.91 Å². The zero-order chi connectivity index (χ0) is 13.7. The van der Waals surface area contributed by atoms with Gasteiger partial charge in [-0.3, -0.25) is 9.78 Å². The molecule has 0 aliphatic heterocycles. The summed E-state index contributed by atoms with van der Waals surface area (Å²) < 4.78 is 0. The summed E-state index contributed by atoms with van der Waals surface area (Å²) in [5.41, 5.74) is 7.02. The van der Waals surface area contributed by atoms with Gasteiger partial charge in [-0.1, -0.05) is 13.8 Å². The first-order chi connectivity index (χ1) is 8.43. The van der Waals surface area contributed by atoms with E-state index in [9.17, 15) is 4.79 Å². The van der Waals surface area contributed by atoms with Crippen LogP contribution in [0.3, 0.4) is 0 Å². The third-order valence-electron chi connectivity index (χ3n) is 3.01. The highest BCUT2D eigenvalue weighted by molar-refractivity contribution is 5.82. The number of hydrogen-bond acceptors (Lipinski definition) is 3. The predicted octanol–water partition coefficient (Wildman–Crippen LogP) is 1.80. The molecule has 1 aromatic heterocycles. The molecule has 0 saturated carbocycles. The van der Waals surface area contributed by atoms with Gasteiger partial charge in [-0.25, -0.2) is 0 Å². The highest BCUT2D eigenvalue weighted by Crippen LogP contribution is 2.11. The Hall–Kier alpha value is -1.42. The van der Waals surface area contributed by atoms with Crippen molar-refractivity contribution in [3.05, 3.63) is 30.1 Å². The van der Waals surface area contributed by atoms with Crippen LogP contribution in [-0.4, -0.2) is 27.9 Å². The molecule has 2 N–H and O–H groups in total. The van der Waals surface area contributed by atoms with E-state index in [0.29, 0.717) is 6.54 Å². The zero-order valence-electron chi connectivity index (χ0n) is 11.6. The van der Waals surface area contributed by atoms with Crippen molar-refractivity contribution in [1.82, 2.24) is 9.88 Å². The van der Waals surface area contributed by atoms with E-state index in [0.717, 1.165) is 5.56 Å². The number of amides is 1. The second-order valence-corrected chi connectivity index (χ2v) is 5.19. The van der Waals surface area contributed by atoms with Gasteiger partial charge in [0.1, 0.15) is 0 Å². The number of carbonyl (C=O) groups excluding carboxylic acids is 1. The zero-order valence-corrected chi connectivity index (χ0v) is 11.6. The molecule has 0 spiro atoms. The van der Waals surface area contributed by atoms with Crippen LogP contribution in [0.2, 0.25) is 0 Å². The van der Waals surface area contributed by atoms with E-state index >= 15 is 0 Å². The fourth-order valence-corrected chi connectivity index (χ4v) is 1.68. The Morgan fingerprint density at radius 1 is 1.28 bits per heavy atom. The van der Waals surface area contributed by atoms with Gasteiger partial charge in [0, 0.05) is 25.0 Å². The van der Waals surface area contributed by atoms with Crippen LogP contribution in [-0.2, 0) is 11.3 Å². The second kappa shape index (κ2) is 6.50. The van der Waals surface area contributed by atoms with E-state index < -0.39 is 6.04 Å². The Labute approximate surface area is 109 Å². The molecular weight excluding hydrogens is 226 g/mol. The molecule has 0 saturated heterocycles. The number of pyridine rings is 1. The summed E-state index contributed by atoms with van der Waals surface area (Å²) in [6.45, 7) is 8.53. The first kappa shape index (κ1) is 14.6. The number of nitrogens with zero attached hydrogens (tertiary/aromatic N) is 2. The van der Waals surface area contributed by atoms with Gasteiger partial charge in [-0.2, -0.15) is 0 Å². The summed E-state index contributed by atoms with van der Waals surface area (Å²) in [7, 11) is 0. The van der Waals surface area contributed by atoms with Gasteiger partial charge in [0.05, 0.1) is 6.04 Å². The van der Waals surface area contributed by atoms with Gasteiger partial charge >= 0.3 is 0 Å². The number of aromatic nitrogens is 1. The van der Waals surface area contributed by atoms with Gasteiger partial charge in [-0.05, 0) is 37.5 Å². The van der Waals surface area contributed by atoms with Crippen LogP contribution < -0.4 is 5.73 Å². The first-order valence-electron chi connectivity index (χ1n) is 6.38. The lowest BCUT2D eigenvalue weighted by atomic mass is 10.0. The highest BCUT2D eigenvalue weighted by atomic mass is 16.2. The topological polar surface area (TPSA) is 59.2 Å². The quantitative estimate of drug-likeness (QED) is 0.865. The lowest BCUT2D eigenvalue weighted by Gasteiger charge is -2.30. The summed E-state index contributed by atoms with van der Waals surface area (Å²) in [6, 6.07) is 3.54. The van der Waals surface area contributed by atoms with E-state index in [1.54, 1.807) is 12.4 Å². The second-order valence-electron chi connectivity index (χ2n) is 5.19. The van der Waals surface area contributed by atoms with E-state index in [-0.39, 0.29) is 17.9 Å². The maximum absolute atomic E-state index is 12.3. The smallest absolute Gasteiger partial charge is 0.240 e. The molecule has 100 valence electrons. The third kappa shape index (κ3) is 3.81. The average molecular weight is 249 g/mol. The van der Waals surface area contributed by atoms with Crippen molar-refractivity contribution in [1.29, 1.82) is 0 Å². The van der Waals surface area contributed by atoms with Crippen LogP contribution in [0, 0.1) is 5.92 Å². The Balaban J connectivity index is 2.81. The molecule has 1 atom stereocenters. The van der Waals surface area contributed by atoms with Gasteiger partial charge in [0.25, 0.3) is 0 Å². The van der Waals surface area contributed by atoms with Crippen molar-refractivity contribution in [3.8, 4) is 0 Å². The fraction of sp³-hybridized carbons (Fsp3) is 0.571. The average Bonchev–Trinajstić information content (AvgIpc) is 2.35. The van der Waals surface area contributed by atoms with E-state index in [2.05, 4.69) is 4.98 Å². The lowest BCUT2D eigenvalue weighted by Crippen LogP contribution is -2.48. The van der Waals surface area contributed by atoms with Crippen LogP contribution in [0.15, 0.2) is 24.5 Å². The van der Waals surface area contributed by atoms with Crippen molar-refractivity contribution in [2.24, 2.45) is 11.7 Å². The summed E-state index contributed by atoms with van der Waals surface area (Å²) in [4.78, 5) is 18.1. The molecule has 1 heterocycles. The predicted molar refractivity (Wildman–Crippen MR) is 72.7 cm³/mol. The monoisotopic (exact) mass is 249 g/mol. The molecule has 0 aromatic carbocycles. The molecule has 1 rings (SSSR count). The Bertz CT molecular complexity index is 376. The summed E-state index contributed by atoms with van der Waals surface area (Å²) >= 11 is 0. The van der Waals surface area contributed by atoms with Crippen LogP contribution in [0.1, 0.15) is 33.3 Å². The van der Waals surface area contributed by atoms with Crippen molar-refractivity contribution in [2.75, 3.05) is 0 Å². The van der Waals surface area contributed by atoms with Crippen molar-refractivity contribution < 1.29 is 4.79 Å². The minimum Gasteiger partial charge on any atom is -0.335 e. The SMILES string of the molecule is CC(C)C(N)C(=O)N(Cc1ccncc1)C(C)C. The van der Waals surface area contributed by atoms with Crippen LogP contribution in [0.4, 0.5) is 0 Å². The summed E-state index contributed by atoms with van der Waals surface area (Å²) in [6.07, 6.45) is 3.47. The van der Waals surface area contributed by atoms with Crippen LogP contribution in [0.5, 0.6) is 0 Å². The van der Waals surface area contributed by atoms with E-state index in [1.165, 1.54) is 0 Å². The molecule has 0 fully saturated rings. The molecule has 0 aliphatic rings. The minimum absolute atomic E-state index is 0.0109. The maximum atomic E-state index is 12.3. The van der Waals surface area contributed by atoms with Crippen molar-refractivity contribution in [3.63, 3.8) is 0 Å². The maximum Gasteiger partial charge on any atom is 0.240 e. The third-order valence-corrected chi connectivity index (χ3v) is 3.01. The largest absolute Gasteiger partial charge is 0.335 e. The van der Waals surface area contributed by atoms with Crippen LogP contribution in [0.25, 0.3) is 0 Å². The number of nitrogens with two attached hydrogens (primary N) is 1. The first-order valence-corrected chi connectivity index (χ1v) is 6.38. The highest BCUT2D eigenvalue weighted by Gasteiger charge is 2.25. The van der Waals surface area contributed by atoms with E-state index in [1.807, 2.05) is 44.7 Å². The number of carbonyl (C=O) groups is 1. The Morgan fingerprint density at radius 3 is 2.28 bits per heavy atom. The summed E-state index contributed by atoms with van der Waals surface area (Å²) in [5, 5.41) is 0. The molecular formula is C14H23N3O. The molecule has 0 radical (unpaired) electrons. The molecule has 4 heteroatoms. The Morgan fingerprint density at radius 2 is 1.83 bits per heavy atom. The van der Waals surface area contributed by atoms with E-state index in [4.69, 9.17) is 5.73 Å². The molecule has 4 nitrogen and oxygen atoms in total. The molecule has 1 unspecified atom stereocenters. The molecule has 18 heavy (non-hydrogen) atoms. The molecule has 1 aromatic rings. The number of rotatable bonds is 5. The van der Waals surface area contributed by atoms with Gasteiger partial charge in [-0.15, -0.1) is 0 Å². The summed E-state index contributed by atoms with van der Waals surface area (Å²) in [5.74, 6) is 0.160.